The topological polar surface area (TPSA) is 99.5 Å². The first kappa shape index (κ1) is 24.2. The molecule has 2 aromatic carbocycles. The standard InChI is InChI=1S/C26H25N3O5S/c1-3-18-9-11-19(12-10-18)28-21(30)15-29-16-27-24-22(25(29)31)17(2)23(35-24)26(32)34-14-13-33-20-7-5-4-6-8-20/h4-12,16H,3,13-15H2,1-2H3,(H,28,30). The maximum atomic E-state index is 13.1. The van der Waals surface area contributed by atoms with E-state index in [2.05, 4.69) is 17.2 Å². The minimum Gasteiger partial charge on any atom is -0.490 e. The first-order chi connectivity index (χ1) is 17.0. The first-order valence-electron chi connectivity index (χ1n) is 11.2. The Morgan fingerprint density at radius 1 is 1.06 bits per heavy atom. The Bertz CT molecular complexity index is 1390. The summed E-state index contributed by atoms with van der Waals surface area (Å²) >= 11 is 1.09. The molecule has 1 N–H and O–H groups in total. The average molecular weight is 492 g/mol. The Labute approximate surface area is 206 Å². The Morgan fingerprint density at radius 3 is 2.51 bits per heavy atom. The molecule has 0 spiro atoms. The van der Waals surface area contributed by atoms with Crippen molar-refractivity contribution in [2.45, 2.75) is 26.8 Å². The molecule has 0 saturated heterocycles. The summed E-state index contributed by atoms with van der Waals surface area (Å²) in [5, 5.41) is 3.10. The maximum Gasteiger partial charge on any atom is 0.348 e. The van der Waals surface area contributed by atoms with E-state index in [-0.39, 0.29) is 31.2 Å². The van der Waals surface area contributed by atoms with Gasteiger partial charge in [0.2, 0.25) is 5.91 Å². The molecule has 2 heterocycles. The van der Waals surface area contributed by atoms with Crippen LogP contribution < -0.4 is 15.6 Å². The fourth-order valence-corrected chi connectivity index (χ4v) is 4.55. The summed E-state index contributed by atoms with van der Waals surface area (Å²) in [6, 6.07) is 16.8. The van der Waals surface area contributed by atoms with Crippen molar-refractivity contribution < 1.29 is 19.1 Å². The number of anilines is 1. The number of aryl methyl sites for hydroxylation is 2. The molecule has 0 aliphatic carbocycles. The molecular formula is C26H25N3O5S. The third-order valence-electron chi connectivity index (χ3n) is 5.39. The second-order valence-corrected chi connectivity index (χ2v) is 8.81. The molecule has 9 heteroatoms. The van der Waals surface area contributed by atoms with Crippen LogP contribution in [0.5, 0.6) is 5.75 Å². The number of fused-ring (bicyclic) bond motifs is 1. The van der Waals surface area contributed by atoms with Crippen LogP contribution in [0.1, 0.15) is 27.7 Å². The summed E-state index contributed by atoms with van der Waals surface area (Å²) in [6.45, 7) is 3.82. The molecule has 35 heavy (non-hydrogen) atoms. The van der Waals surface area contributed by atoms with Crippen LogP contribution in [0.25, 0.3) is 10.2 Å². The van der Waals surface area contributed by atoms with Crippen LogP contribution in [0.3, 0.4) is 0 Å². The van der Waals surface area contributed by atoms with Gasteiger partial charge in [-0.25, -0.2) is 9.78 Å². The van der Waals surface area contributed by atoms with Gasteiger partial charge in [0.05, 0.1) is 11.7 Å². The van der Waals surface area contributed by atoms with Crippen LogP contribution in [0.4, 0.5) is 5.69 Å². The largest absolute Gasteiger partial charge is 0.490 e. The van der Waals surface area contributed by atoms with E-state index in [0.717, 1.165) is 17.8 Å². The lowest BCUT2D eigenvalue weighted by atomic mass is 10.1. The molecule has 0 fully saturated rings. The predicted octanol–water partition coefficient (Wildman–Crippen LogP) is 4.20. The average Bonchev–Trinajstić information content (AvgIpc) is 3.21. The summed E-state index contributed by atoms with van der Waals surface area (Å²) in [4.78, 5) is 43.2. The molecule has 0 saturated carbocycles. The number of rotatable bonds is 9. The van der Waals surface area contributed by atoms with Crippen LogP contribution in [-0.4, -0.2) is 34.6 Å². The third-order valence-corrected chi connectivity index (χ3v) is 6.57. The van der Waals surface area contributed by atoms with Crippen molar-refractivity contribution in [3.05, 3.63) is 87.3 Å². The highest BCUT2D eigenvalue weighted by Crippen LogP contribution is 2.27. The van der Waals surface area contributed by atoms with Crippen LogP contribution in [0.15, 0.2) is 65.7 Å². The number of carbonyl (C=O) groups is 2. The third kappa shape index (κ3) is 5.75. The fourth-order valence-electron chi connectivity index (χ4n) is 3.52. The highest BCUT2D eigenvalue weighted by Gasteiger charge is 2.21. The summed E-state index contributed by atoms with van der Waals surface area (Å²) < 4.78 is 12.1. The summed E-state index contributed by atoms with van der Waals surface area (Å²) in [5.41, 5.74) is 1.93. The van der Waals surface area contributed by atoms with E-state index in [9.17, 15) is 14.4 Å². The molecule has 0 atom stereocenters. The Morgan fingerprint density at radius 2 is 1.80 bits per heavy atom. The van der Waals surface area contributed by atoms with E-state index in [0.29, 0.717) is 32.1 Å². The molecule has 180 valence electrons. The van der Waals surface area contributed by atoms with Gasteiger partial charge < -0.3 is 14.8 Å². The van der Waals surface area contributed by atoms with Gasteiger partial charge >= 0.3 is 5.97 Å². The molecular weight excluding hydrogens is 466 g/mol. The van der Waals surface area contributed by atoms with Crippen molar-refractivity contribution >= 4 is 39.1 Å². The highest BCUT2D eigenvalue weighted by molar-refractivity contribution is 7.20. The minimum absolute atomic E-state index is 0.0679. The zero-order valence-corrected chi connectivity index (χ0v) is 20.3. The highest BCUT2D eigenvalue weighted by atomic mass is 32.1. The number of thiophene rings is 1. The molecule has 8 nitrogen and oxygen atoms in total. The number of hydrogen-bond acceptors (Lipinski definition) is 7. The molecule has 0 unspecified atom stereocenters. The lowest BCUT2D eigenvalue weighted by Gasteiger charge is -2.08. The summed E-state index contributed by atoms with van der Waals surface area (Å²) in [7, 11) is 0. The van der Waals surface area contributed by atoms with Crippen LogP contribution >= 0.6 is 11.3 Å². The second kappa shape index (κ2) is 11.0. The summed E-state index contributed by atoms with van der Waals surface area (Å²) in [6.07, 6.45) is 2.23. The Kier molecular flexibility index (Phi) is 7.57. The number of aromatic nitrogens is 2. The maximum absolute atomic E-state index is 13.1. The number of nitrogens with zero attached hydrogens (tertiary/aromatic N) is 2. The fraction of sp³-hybridized carbons (Fsp3) is 0.231. The predicted molar refractivity (Wildman–Crippen MR) is 135 cm³/mol. The first-order valence-corrected chi connectivity index (χ1v) is 12.0. The van der Waals surface area contributed by atoms with Crippen LogP contribution in [-0.2, 0) is 22.5 Å². The Hall–Kier alpha value is -3.98. The van der Waals surface area contributed by atoms with Gasteiger partial charge in [0.1, 0.15) is 35.2 Å². The van der Waals surface area contributed by atoms with Gasteiger partial charge in [-0.1, -0.05) is 37.3 Å². The smallest absolute Gasteiger partial charge is 0.348 e. The van der Waals surface area contributed by atoms with Gasteiger partial charge in [0.25, 0.3) is 5.56 Å². The number of nitrogens with one attached hydrogen (secondary N) is 1. The van der Waals surface area contributed by atoms with E-state index < -0.39 is 5.97 Å². The van der Waals surface area contributed by atoms with Crippen molar-refractivity contribution in [3.63, 3.8) is 0 Å². The van der Waals surface area contributed by atoms with Gasteiger partial charge in [-0.05, 0) is 48.7 Å². The number of esters is 1. The number of hydrogen-bond donors (Lipinski definition) is 1. The zero-order valence-electron chi connectivity index (χ0n) is 19.4. The molecule has 0 aliphatic rings. The number of carbonyl (C=O) groups excluding carboxylic acids is 2. The van der Waals surface area contributed by atoms with Crippen LogP contribution in [0, 0.1) is 6.92 Å². The van der Waals surface area contributed by atoms with E-state index >= 15 is 0 Å². The number of benzene rings is 2. The van der Waals surface area contributed by atoms with Crippen molar-refractivity contribution in [1.82, 2.24) is 9.55 Å². The normalized spacial score (nSPS) is 10.8. The second-order valence-electron chi connectivity index (χ2n) is 7.81. The van der Waals surface area contributed by atoms with Gasteiger partial charge in [-0.3, -0.25) is 14.2 Å². The molecule has 0 aliphatic heterocycles. The van der Waals surface area contributed by atoms with E-state index in [1.54, 1.807) is 6.92 Å². The molecule has 4 aromatic rings. The SMILES string of the molecule is CCc1ccc(NC(=O)Cn2cnc3sc(C(=O)OCCOc4ccccc4)c(C)c3c2=O)cc1. The zero-order chi connectivity index (χ0) is 24.8. The quantitative estimate of drug-likeness (QED) is 0.278. The monoisotopic (exact) mass is 491 g/mol. The molecule has 2 aromatic heterocycles. The number of para-hydroxylation sites is 1. The number of amides is 1. The van der Waals surface area contributed by atoms with Crippen molar-refractivity contribution in [1.29, 1.82) is 0 Å². The van der Waals surface area contributed by atoms with Gasteiger partial charge in [-0.2, -0.15) is 0 Å². The summed E-state index contributed by atoms with van der Waals surface area (Å²) in [5.74, 6) is -0.196. The minimum atomic E-state index is -0.540. The van der Waals surface area contributed by atoms with Gasteiger partial charge in [0, 0.05) is 5.69 Å². The van der Waals surface area contributed by atoms with Gasteiger partial charge in [0.15, 0.2) is 0 Å². The molecule has 0 bridgehead atoms. The molecule has 0 radical (unpaired) electrons. The van der Waals surface area contributed by atoms with Gasteiger partial charge in [-0.15, -0.1) is 11.3 Å². The van der Waals surface area contributed by atoms with E-state index in [4.69, 9.17) is 9.47 Å². The van der Waals surface area contributed by atoms with Crippen molar-refractivity contribution in [2.24, 2.45) is 0 Å². The molecule has 1 amide bonds. The van der Waals surface area contributed by atoms with Crippen LogP contribution in [0.2, 0.25) is 0 Å². The number of ether oxygens (including phenoxy) is 2. The van der Waals surface area contributed by atoms with Crippen molar-refractivity contribution in [2.75, 3.05) is 18.5 Å². The van der Waals surface area contributed by atoms with E-state index in [1.165, 1.54) is 16.5 Å². The Balaban J connectivity index is 1.41. The molecule has 4 rings (SSSR count). The lowest BCUT2D eigenvalue weighted by molar-refractivity contribution is -0.116. The van der Waals surface area contributed by atoms with Crippen molar-refractivity contribution in [3.8, 4) is 5.75 Å². The lowest BCUT2D eigenvalue weighted by Crippen LogP contribution is -2.27. The van der Waals surface area contributed by atoms with E-state index in [1.807, 2.05) is 54.6 Å².